The number of carbonyl (C=O) groups excluding carboxylic acids is 1. The molecule has 2 fully saturated rings. The van der Waals surface area contributed by atoms with Gasteiger partial charge in [-0.1, -0.05) is 0 Å². The lowest BCUT2D eigenvalue weighted by Gasteiger charge is -2.17. The van der Waals surface area contributed by atoms with E-state index in [1.165, 1.54) is 17.4 Å². The third-order valence-corrected chi connectivity index (χ3v) is 6.22. The van der Waals surface area contributed by atoms with Gasteiger partial charge in [0, 0.05) is 44.0 Å². The van der Waals surface area contributed by atoms with Gasteiger partial charge in [-0.05, 0) is 56.4 Å². The second-order valence-electron chi connectivity index (χ2n) is 8.47. The minimum Gasteiger partial charge on any atom is -0.357 e. The molecular weight excluding hydrogens is 408 g/mol. The van der Waals surface area contributed by atoms with Gasteiger partial charge < -0.3 is 10.2 Å². The Kier molecular flexibility index (Phi) is 5.24. The van der Waals surface area contributed by atoms with Crippen LogP contribution < -0.4 is 21.5 Å². The lowest BCUT2D eigenvalue weighted by Crippen LogP contribution is -2.33. The van der Waals surface area contributed by atoms with Gasteiger partial charge >= 0.3 is 5.69 Å². The number of aromatic amines is 1. The number of anilines is 1. The molecule has 9 heteroatoms. The first-order chi connectivity index (χ1) is 15.5. The van der Waals surface area contributed by atoms with Gasteiger partial charge in [-0.3, -0.25) is 19.1 Å². The Hall–Kier alpha value is -3.49. The van der Waals surface area contributed by atoms with Crippen molar-refractivity contribution in [1.82, 2.24) is 24.8 Å². The molecule has 1 saturated heterocycles. The number of pyridine rings is 2. The number of amides is 1. The fraction of sp³-hybridized carbons (Fsp3) is 0.435. The van der Waals surface area contributed by atoms with Gasteiger partial charge in [0.05, 0.1) is 10.9 Å². The molecule has 4 heterocycles. The largest absolute Gasteiger partial charge is 0.357 e. The number of nitrogens with one attached hydrogen (secondary N) is 2. The molecule has 1 amide bonds. The van der Waals surface area contributed by atoms with Gasteiger partial charge in [0.2, 0.25) is 0 Å². The van der Waals surface area contributed by atoms with Crippen LogP contribution in [0.4, 0.5) is 5.82 Å². The number of aryl methyl sites for hydroxylation is 1. The molecule has 1 saturated carbocycles. The third kappa shape index (κ3) is 3.79. The van der Waals surface area contributed by atoms with E-state index in [1.807, 2.05) is 19.1 Å². The van der Waals surface area contributed by atoms with Crippen LogP contribution in [0.3, 0.4) is 0 Å². The Morgan fingerprint density at radius 2 is 2.00 bits per heavy atom. The summed E-state index contributed by atoms with van der Waals surface area (Å²) in [6.07, 6.45) is 6.08. The molecule has 0 aromatic carbocycles. The predicted octanol–water partition coefficient (Wildman–Crippen LogP) is 1.91. The number of rotatable bonds is 6. The fourth-order valence-electron chi connectivity index (χ4n) is 4.32. The molecule has 32 heavy (non-hydrogen) atoms. The van der Waals surface area contributed by atoms with Gasteiger partial charge in [0.1, 0.15) is 5.82 Å². The topological polar surface area (TPSA) is 113 Å². The van der Waals surface area contributed by atoms with Crippen molar-refractivity contribution in [2.45, 2.75) is 51.6 Å². The zero-order valence-corrected chi connectivity index (χ0v) is 18.1. The van der Waals surface area contributed by atoms with E-state index in [0.717, 1.165) is 43.0 Å². The molecule has 5 rings (SSSR count). The summed E-state index contributed by atoms with van der Waals surface area (Å²) >= 11 is 0. The molecule has 166 valence electrons. The van der Waals surface area contributed by atoms with E-state index in [9.17, 15) is 14.4 Å². The number of fused-ring (bicyclic) bond motifs is 1. The number of hydrogen-bond donors (Lipinski definition) is 2. The van der Waals surface area contributed by atoms with E-state index in [4.69, 9.17) is 0 Å². The molecule has 9 nitrogen and oxygen atoms in total. The highest BCUT2D eigenvalue weighted by Gasteiger charge is 2.28. The highest BCUT2D eigenvalue weighted by molar-refractivity contribution is 6.05. The van der Waals surface area contributed by atoms with Gasteiger partial charge in [-0.25, -0.2) is 14.8 Å². The van der Waals surface area contributed by atoms with Crippen LogP contribution in [0.2, 0.25) is 0 Å². The summed E-state index contributed by atoms with van der Waals surface area (Å²) in [4.78, 5) is 51.7. The van der Waals surface area contributed by atoms with E-state index in [-0.39, 0.29) is 28.4 Å². The van der Waals surface area contributed by atoms with Crippen molar-refractivity contribution in [2.24, 2.45) is 0 Å². The van der Waals surface area contributed by atoms with Gasteiger partial charge in [0.15, 0.2) is 5.65 Å². The lowest BCUT2D eigenvalue weighted by molar-refractivity contribution is 0.0952. The summed E-state index contributed by atoms with van der Waals surface area (Å²) in [7, 11) is 0. The quantitative estimate of drug-likeness (QED) is 0.613. The minimum atomic E-state index is -0.588. The normalized spacial score (nSPS) is 16.0. The lowest BCUT2D eigenvalue weighted by atomic mass is 10.1. The predicted molar refractivity (Wildman–Crippen MR) is 121 cm³/mol. The van der Waals surface area contributed by atoms with Gasteiger partial charge in [-0.2, -0.15) is 0 Å². The Labute approximate surface area is 184 Å². The van der Waals surface area contributed by atoms with Crippen molar-refractivity contribution < 1.29 is 4.79 Å². The Balaban J connectivity index is 1.47. The van der Waals surface area contributed by atoms with Crippen LogP contribution in [0, 0.1) is 0 Å². The minimum absolute atomic E-state index is 0.154. The van der Waals surface area contributed by atoms with Crippen LogP contribution in [0.25, 0.3) is 11.0 Å². The van der Waals surface area contributed by atoms with E-state index >= 15 is 0 Å². The molecule has 2 N–H and O–H groups in total. The number of nitrogens with zero attached hydrogens (tertiary/aromatic N) is 4. The average molecular weight is 435 g/mol. The molecule has 3 aromatic heterocycles. The van der Waals surface area contributed by atoms with Crippen LogP contribution in [0.5, 0.6) is 0 Å². The second-order valence-corrected chi connectivity index (χ2v) is 8.47. The molecule has 0 radical (unpaired) electrons. The van der Waals surface area contributed by atoms with Crippen LogP contribution >= 0.6 is 0 Å². The van der Waals surface area contributed by atoms with Crippen LogP contribution in [-0.4, -0.2) is 38.5 Å². The smallest absolute Gasteiger partial charge is 0.329 e. The maximum Gasteiger partial charge on any atom is 0.329 e. The van der Waals surface area contributed by atoms with E-state index in [0.29, 0.717) is 13.1 Å². The maximum absolute atomic E-state index is 13.2. The third-order valence-electron chi connectivity index (χ3n) is 6.22. The van der Waals surface area contributed by atoms with Crippen molar-refractivity contribution in [3.63, 3.8) is 0 Å². The van der Waals surface area contributed by atoms with Crippen molar-refractivity contribution in [3.8, 4) is 0 Å². The summed E-state index contributed by atoms with van der Waals surface area (Å²) in [6, 6.07) is 5.58. The Morgan fingerprint density at radius 3 is 2.72 bits per heavy atom. The molecule has 0 spiro atoms. The Bertz CT molecular complexity index is 1300. The molecule has 3 aromatic rings. The number of carbonyl (C=O) groups is 1. The second kappa shape index (κ2) is 8.22. The maximum atomic E-state index is 13.2. The highest BCUT2D eigenvalue weighted by Crippen LogP contribution is 2.39. The van der Waals surface area contributed by atoms with Crippen LogP contribution in [0.1, 0.15) is 60.1 Å². The average Bonchev–Trinajstić information content (AvgIpc) is 3.50. The standard InChI is InChI=1S/C23H26N6O3/c1-2-29-20-19(22(31)27-23(29)32)16(12-17(26-20)15-5-6-15)21(30)25-13-14-7-8-24-18(11-14)28-9-3-4-10-28/h7-8,11-12,15H,2-6,9-10,13H2,1H3,(H,25,30)(H,27,31,32). The first-order valence-corrected chi connectivity index (χ1v) is 11.2. The summed E-state index contributed by atoms with van der Waals surface area (Å²) in [5.74, 6) is 0.836. The molecule has 1 aliphatic heterocycles. The van der Waals surface area contributed by atoms with Crippen molar-refractivity contribution in [2.75, 3.05) is 18.0 Å². The fourth-order valence-corrected chi connectivity index (χ4v) is 4.32. The summed E-state index contributed by atoms with van der Waals surface area (Å²) < 4.78 is 1.41. The monoisotopic (exact) mass is 434 g/mol. The van der Waals surface area contributed by atoms with Crippen molar-refractivity contribution >= 4 is 22.8 Å². The molecule has 2 aliphatic rings. The first kappa shape index (κ1) is 20.4. The highest BCUT2D eigenvalue weighted by atomic mass is 16.2. The first-order valence-electron chi connectivity index (χ1n) is 11.2. The van der Waals surface area contributed by atoms with Crippen LogP contribution in [-0.2, 0) is 13.1 Å². The van der Waals surface area contributed by atoms with Gasteiger partial charge in [0.25, 0.3) is 11.5 Å². The summed E-state index contributed by atoms with van der Waals surface area (Å²) in [6.45, 7) is 4.47. The SMILES string of the molecule is CCn1c(=O)[nH]c(=O)c2c(C(=O)NCc3ccnc(N4CCCC4)c3)cc(C3CC3)nc21. The molecule has 1 aliphatic carbocycles. The molecule has 0 bridgehead atoms. The van der Waals surface area contributed by atoms with E-state index in [1.54, 1.807) is 12.3 Å². The van der Waals surface area contributed by atoms with Crippen LogP contribution in [0.15, 0.2) is 34.0 Å². The van der Waals surface area contributed by atoms with E-state index < -0.39 is 11.2 Å². The number of aromatic nitrogens is 4. The van der Waals surface area contributed by atoms with Crippen molar-refractivity contribution in [3.05, 3.63) is 62.1 Å². The Morgan fingerprint density at radius 1 is 1.22 bits per heavy atom. The van der Waals surface area contributed by atoms with E-state index in [2.05, 4.69) is 25.2 Å². The molecule has 0 unspecified atom stereocenters. The molecule has 0 atom stereocenters. The zero-order chi connectivity index (χ0) is 22.2. The summed E-state index contributed by atoms with van der Waals surface area (Å²) in [5, 5.41) is 3.09. The zero-order valence-electron chi connectivity index (χ0n) is 18.1. The van der Waals surface area contributed by atoms with Gasteiger partial charge in [-0.15, -0.1) is 0 Å². The molecular formula is C23H26N6O3. The number of hydrogen-bond acceptors (Lipinski definition) is 6. The van der Waals surface area contributed by atoms with Crippen molar-refractivity contribution in [1.29, 1.82) is 0 Å². The number of H-pyrrole nitrogens is 1. The summed E-state index contributed by atoms with van der Waals surface area (Å²) in [5.41, 5.74) is 1.13.